The maximum Gasteiger partial charge on any atom is 0.138 e. The van der Waals surface area contributed by atoms with Crippen LogP contribution in [-0.2, 0) is 12.6 Å². The minimum atomic E-state index is -0.731. The van der Waals surface area contributed by atoms with Gasteiger partial charge in [-0.15, -0.1) is 0 Å². The van der Waals surface area contributed by atoms with Crippen molar-refractivity contribution in [3.8, 4) is 11.3 Å². The Balaban J connectivity index is 1.80. The minimum absolute atomic E-state index is 0.731. The Hall–Kier alpha value is -4.03. The van der Waals surface area contributed by atoms with Gasteiger partial charge in [-0.25, -0.2) is 4.68 Å². The summed E-state index contributed by atoms with van der Waals surface area (Å²) in [4.78, 5) is 4.81. The molecule has 0 atom stereocenters. The molecule has 6 rings (SSSR count). The SMILES string of the molecule is Cn1cc(-c2nn(C(c3ccccc3)(c3ccccc3)c3ccccc3)c3cc(Br)cnc23)cn1. The van der Waals surface area contributed by atoms with E-state index in [1.54, 1.807) is 4.68 Å². The smallest absolute Gasteiger partial charge is 0.138 e. The summed E-state index contributed by atoms with van der Waals surface area (Å²) < 4.78 is 4.81. The molecule has 0 aliphatic rings. The third kappa shape index (κ3) is 3.49. The van der Waals surface area contributed by atoms with Gasteiger partial charge in [0.2, 0.25) is 0 Å². The van der Waals surface area contributed by atoms with E-state index in [4.69, 9.17) is 10.1 Å². The van der Waals surface area contributed by atoms with Crippen LogP contribution in [0.1, 0.15) is 16.7 Å². The average molecular weight is 520 g/mol. The van der Waals surface area contributed by atoms with Crippen molar-refractivity contribution in [2.24, 2.45) is 7.05 Å². The minimum Gasteiger partial charge on any atom is -0.275 e. The molecule has 0 amide bonds. The first kappa shape index (κ1) is 21.5. The van der Waals surface area contributed by atoms with E-state index in [0.717, 1.165) is 43.5 Å². The molecule has 6 aromatic rings. The predicted molar refractivity (Wildman–Crippen MR) is 142 cm³/mol. The van der Waals surface area contributed by atoms with Gasteiger partial charge in [-0.2, -0.15) is 10.2 Å². The number of hydrogen-bond acceptors (Lipinski definition) is 3. The number of benzene rings is 3. The van der Waals surface area contributed by atoms with E-state index in [-0.39, 0.29) is 0 Å². The van der Waals surface area contributed by atoms with Gasteiger partial charge >= 0.3 is 0 Å². The summed E-state index contributed by atoms with van der Waals surface area (Å²) in [5.41, 5.74) is 6.08. The fraction of sp³-hybridized carbons (Fsp3) is 0.0690. The lowest BCUT2D eigenvalue weighted by Gasteiger charge is -2.37. The van der Waals surface area contributed by atoms with Crippen LogP contribution in [0.3, 0.4) is 0 Å². The maximum atomic E-state index is 5.30. The molecule has 0 unspecified atom stereocenters. The van der Waals surface area contributed by atoms with Gasteiger partial charge in [0.15, 0.2) is 0 Å². The Morgan fingerprint density at radius 1 is 0.743 bits per heavy atom. The molecule has 0 bridgehead atoms. The summed E-state index contributed by atoms with van der Waals surface area (Å²) in [5.74, 6) is 0. The molecule has 170 valence electrons. The number of aryl methyl sites for hydroxylation is 1. The van der Waals surface area contributed by atoms with Crippen molar-refractivity contribution in [1.29, 1.82) is 0 Å². The maximum absolute atomic E-state index is 5.30. The molecular weight excluding hydrogens is 498 g/mol. The van der Waals surface area contributed by atoms with Gasteiger partial charge in [0.05, 0.1) is 11.7 Å². The number of rotatable bonds is 5. The number of pyridine rings is 1. The van der Waals surface area contributed by atoms with Gasteiger partial charge in [0.25, 0.3) is 0 Å². The van der Waals surface area contributed by atoms with Crippen molar-refractivity contribution in [2.75, 3.05) is 0 Å². The Morgan fingerprint density at radius 2 is 1.29 bits per heavy atom. The van der Waals surface area contributed by atoms with Crippen molar-refractivity contribution in [3.05, 3.63) is 137 Å². The van der Waals surface area contributed by atoms with Gasteiger partial charge in [0.1, 0.15) is 16.7 Å². The van der Waals surface area contributed by atoms with Crippen LogP contribution < -0.4 is 0 Å². The van der Waals surface area contributed by atoms with Crippen LogP contribution >= 0.6 is 15.9 Å². The molecule has 0 spiro atoms. The second kappa shape index (κ2) is 8.64. The number of aromatic nitrogens is 5. The highest BCUT2D eigenvalue weighted by molar-refractivity contribution is 9.10. The molecule has 3 aromatic heterocycles. The second-order valence-electron chi connectivity index (χ2n) is 8.49. The molecule has 0 saturated carbocycles. The summed E-state index contributed by atoms with van der Waals surface area (Å²) in [7, 11) is 1.91. The van der Waals surface area contributed by atoms with E-state index < -0.39 is 5.54 Å². The first-order valence-electron chi connectivity index (χ1n) is 11.4. The first-order valence-corrected chi connectivity index (χ1v) is 12.2. The van der Waals surface area contributed by atoms with Crippen LogP contribution in [0.2, 0.25) is 0 Å². The molecule has 0 radical (unpaired) electrons. The highest BCUT2D eigenvalue weighted by Gasteiger charge is 2.41. The fourth-order valence-corrected chi connectivity index (χ4v) is 5.19. The van der Waals surface area contributed by atoms with Gasteiger partial charge in [-0.05, 0) is 38.7 Å². The van der Waals surface area contributed by atoms with E-state index >= 15 is 0 Å². The highest BCUT2D eigenvalue weighted by Crippen LogP contribution is 2.43. The van der Waals surface area contributed by atoms with Crippen molar-refractivity contribution >= 4 is 27.0 Å². The molecule has 0 aliphatic heterocycles. The number of halogens is 1. The molecule has 3 aromatic carbocycles. The molecule has 6 heteroatoms. The Kier molecular flexibility index (Phi) is 5.30. The van der Waals surface area contributed by atoms with Crippen molar-refractivity contribution in [1.82, 2.24) is 24.5 Å². The van der Waals surface area contributed by atoms with Crippen molar-refractivity contribution in [2.45, 2.75) is 5.54 Å². The van der Waals surface area contributed by atoms with Gasteiger partial charge in [0, 0.05) is 29.5 Å². The van der Waals surface area contributed by atoms with Crippen LogP contribution in [0.4, 0.5) is 0 Å². The molecule has 5 nitrogen and oxygen atoms in total. The molecule has 35 heavy (non-hydrogen) atoms. The highest BCUT2D eigenvalue weighted by atomic mass is 79.9. The number of fused-ring (bicyclic) bond motifs is 1. The van der Waals surface area contributed by atoms with Gasteiger partial charge in [-0.3, -0.25) is 9.67 Å². The lowest BCUT2D eigenvalue weighted by Crippen LogP contribution is -2.38. The summed E-state index contributed by atoms with van der Waals surface area (Å²) in [6.45, 7) is 0. The predicted octanol–water partition coefficient (Wildman–Crippen LogP) is 6.43. The van der Waals surface area contributed by atoms with Crippen LogP contribution in [0.5, 0.6) is 0 Å². The quantitative estimate of drug-likeness (QED) is 0.246. The zero-order valence-electron chi connectivity index (χ0n) is 19.1. The van der Waals surface area contributed by atoms with E-state index in [0.29, 0.717) is 0 Å². The summed E-state index contributed by atoms with van der Waals surface area (Å²) in [5, 5.41) is 9.69. The molecule has 0 fully saturated rings. The van der Waals surface area contributed by atoms with Crippen LogP contribution in [0.15, 0.2) is 120 Å². The van der Waals surface area contributed by atoms with Crippen molar-refractivity contribution < 1.29 is 0 Å². The van der Waals surface area contributed by atoms with Crippen LogP contribution in [0, 0.1) is 0 Å². The van der Waals surface area contributed by atoms with E-state index in [2.05, 4.69) is 105 Å². The van der Waals surface area contributed by atoms with Crippen LogP contribution in [0.25, 0.3) is 22.3 Å². The Bertz CT molecular complexity index is 1510. The lowest BCUT2D eigenvalue weighted by molar-refractivity contribution is 0.477. The zero-order chi connectivity index (χ0) is 23.8. The molecular formula is C29H22BrN5. The standard InChI is InChI=1S/C29H22BrN5/c1-34-20-21(18-32-34)27-28-26(17-25(30)19-31-28)35(33-27)29(22-11-5-2-6-12-22,23-13-7-3-8-14-23)24-15-9-4-10-16-24/h2-20H,1H3. The number of nitrogens with zero attached hydrogens (tertiary/aromatic N) is 5. The zero-order valence-corrected chi connectivity index (χ0v) is 20.7. The molecule has 0 saturated heterocycles. The van der Waals surface area contributed by atoms with Crippen molar-refractivity contribution in [3.63, 3.8) is 0 Å². The second-order valence-corrected chi connectivity index (χ2v) is 9.41. The first-order chi connectivity index (χ1) is 17.2. The summed E-state index contributed by atoms with van der Waals surface area (Å²) in [6.07, 6.45) is 5.64. The molecule has 0 aliphatic carbocycles. The van der Waals surface area contributed by atoms with Crippen LogP contribution in [-0.4, -0.2) is 24.5 Å². The third-order valence-electron chi connectivity index (χ3n) is 6.36. The number of hydrogen-bond donors (Lipinski definition) is 0. The monoisotopic (exact) mass is 519 g/mol. The normalized spacial score (nSPS) is 11.7. The van der Waals surface area contributed by atoms with E-state index in [1.165, 1.54) is 0 Å². The Labute approximate surface area is 211 Å². The molecule has 0 N–H and O–H groups in total. The molecule has 3 heterocycles. The third-order valence-corrected chi connectivity index (χ3v) is 6.79. The average Bonchev–Trinajstić information content (AvgIpc) is 3.50. The van der Waals surface area contributed by atoms with Gasteiger partial charge in [-0.1, -0.05) is 91.0 Å². The Morgan fingerprint density at radius 3 is 1.77 bits per heavy atom. The topological polar surface area (TPSA) is 48.5 Å². The summed E-state index contributed by atoms with van der Waals surface area (Å²) >= 11 is 3.65. The van der Waals surface area contributed by atoms with E-state index in [9.17, 15) is 0 Å². The fourth-order valence-electron chi connectivity index (χ4n) is 4.87. The largest absolute Gasteiger partial charge is 0.275 e. The van der Waals surface area contributed by atoms with E-state index in [1.807, 2.05) is 43.8 Å². The summed E-state index contributed by atoms with van der Waals surface area (Å²) in [6, 6.07) is 33.7. The van der Waals surface area contributed by atoms with Gasteiger partial charge < -0.3 is 0 Å². The lowest BCUT2D eigenvalue weighted by atomic mass is 9.77.